The van der Waals surface area contributed by atoms with Crippen LogP contribution in [0.25, 0.3) is 0 Å². The number of esters is 1. The van der Waals surface area contributed by atoms with E-state index in [4.69, 9.17) is 15.6 Å². The van der Waals surface area contributed by atoms with Crippen LogP contribution in [0.3, 0.4) is 0 Å². The zero-order chi connectivity index (χ0) is 17.8. The molecule has 24 heavy (non-hydrogen) atoms. The van der Waals surface area contributed by atoms with Crippen molar-refractivity contribution in [2.45, 2.75) is 64.0 Å². The van der Waals surface area contributed by atoms with E-state index < -0.39 is 6.09 Å². The van der Waals surface area contributed by atoms with Crippen LogP contribution in [0.15, 0.2) is 0 Å². The minimum atomic E-state index is -0.865. The minimum absolute atomic E-state index is 0.0835. The number of nitrogens with two attached hydrogens (primary N) is 1. The standard InChI is InChI=1S/C17H31N3O4/c1-3-24-14(21)16(2)6-4-13(5-7-16)19-12-17(18)8-10-20(11-9-17)15(22)23/h13,19H,3-12,18H2,1-2H3,(H,22,23). The number of nitrogens with zero attached hydrogens (tertiary/aromatic N) is 1. The first kappa shape index (κ1) is 19.0. The first-order valence-corrected chi connectivity index (χ1v) is 8.95. The Morgan fingerprint density at radius 1 is 1.25 bits per heavy atom. The van der Waals surface area contributed by atoms with Crippen LogP contribution in [0.2, 0.25) is 0 Å². The number of carbonyl (C=O) groups is 2. The van der Waals surface area contributed by atoms with Crippen LogP contribution < -0.4 is 11.1 Å². The van der Waals surface area contributed by atoms with Crippen molar-refractivity contribution in [1.82, 2.24) is 10.2 Å². The van der Waals surface area contributed by atoms with E-state index >= 15 is 0 Å². The summed E-state index contributed by atoms with van der Waals surface area (Å²) in [5.41, 5.74) is 5.72. The summed E-state index contributed by atoms with van der Waals surface area (Å²) in [6.45, 7) is 5.96. The summed E-state index contributed by atoms with van der Waals surface area (Å²) in [4.78, 5) is 24.4. The lowest BCUT2D eigenvalue weighted by Crippen LogP contribution is -2.58. The molecule has 1 saturated heterocycles. The lowest BCUT2D eigenvalue weighted by Gasteiger charge is -2.41. The van der Waals surface area contributed by atoms with Gasteiger partial charge in [0.05, 0.1) is 12.0 Å². The molecule has 1 heterocycles. The van der Waals surface area contributed by atoms with Gasteiger partial charge in [0.25, 0.3) is 0 Å². The van der Waals surface area contributed by atoms with Crippen LogP contribution in [0.5, 0.6) is 0 Å². The molecule has 2 rings (SSSR count). The van der Waals surface area contributed by atoms with Crippen molar-refractivity contribution in [1.29, 1.82) is 0 Å². The van der Waals surface area contributed by atoms with E-state index in [-0.39, 0.29) is 16.9 Å². The van der Waals surface area contributed by atoms with Gasteiger partial charge in [-0.15, -0.1) is 0 Å². The molecular weight excluding hydrogens is 310 g/mol. The van der Waals surface area contributed by atoms with E-state index in [1.165, 1.54) is 4.90 Å². The lowest BCUT2D eigenvalue weighted by atomic mass is 9.74. The van der Waals surface area contributed by atoms with E-state index in [0.717, 1.165) is 25.7 Å². The van der Waals surface area contributed by atoms with E-state index in [1.807, 2.05) is 13.8 Å². The Morgan fingerprint density at radius 3 is 2.33 bits per heavy atom. The largest absolute Gasteiger partial charge is 0.466 e. The first-order chi connectivity index (χ1) is 11.3. The number of likely N-dealkylation sites (tertiary alicyclic amines) is 1. The molecule has 4 N–H and O–H groups in total. The van der Waals surface area contributed by atoms with Gasteiger partial charge in [-0.1, -0.05) is 0 Å². The number of amides is 1. The minimum Gasteiger partial charge on any atom is -0.466 e. The number of hydrogen-bond donors (Lipinski definition) is 3. The van der Waals surface area contributed by atoms with Gasteiger partial charge in [-0.2, -0.15) is 0 Å². The highest BCUT2D eigenvalue weighted by molar-refractivity contribution is 5.76. The SMILES string of the molecule is CCOC(=O)C1(C)CCC(NCC2(N)CCN(C(=O)O)CC2)CC1. The fourth-order valence-electron chi connectivity index (χ4n) is 3.64. The van der Waals surface area contributed by atoms with Crippen LogP contribution >= 0.6 is 0 Å². The molecule has 1 saturated carbocycles. The molecule has 0 aromatic carbocycles. The van der Waals surface area contributed by atoms with Gasteiger partial charge in [-0.25, -0.2) is 4.79 Å². The number of hydrogen-bond acceptors (Lipinski definition) is 5. The summed E-state index contributed by atoms with van der Waals surface area (Å²) in [7, 11) is 0. The van der Waals surface area contributed by atoms with Crippen LogP contribution in [0, 0.1) is 5.41 Å². The number of nitrogens with one attached hydrogen (secondary N) is 1. The second-order valence-electron chi connectivity index (χ2n) is 7.57. The van der Waals surface area contributed by atoms with Crippen molar-refractivity contribution >= 4 is 12.1 Å². The second-order valence-corrected chi connectivity index (χ2v) is 7.57. The molecule has 2 aliphatic rings. The van der Waals surface area contributed by atoms with Gasteiger partial charge >= 0.3 is 12.1 Å². The van der Waals surface area contributed by atoms with Crippen molar-refractivity contribution in [2.75, 3.05) is 26.2 Å². The molecule has 0 radical (unpaired) electrons. The summed E-state index contributed by atoms with van der Waals surface area (Å²) in [6.07, 6.45) is 4.02. The molecule has 0 spiro atoms. The zero-order valence-electron chi connectivity index (χ0n) is 14.8. The van der Waals surface area contributed by atoms with Crippen molar-refractivity contribution in [3.05, 3.63) is 0 Å². The molecule has 2 fully saturated rings. The highest BCUT2D eigenvalue weighted by Crippen LogP contribution is 2.37. The third kappa shape index (κ3) is 4.60. The topological polar surface area (TPSA) is 105 Å². The molecule has 7 heteroatoms. The third-order valence-electron chi connectivity index (χ3n) is 5.63. The molecule has 0 aromatic rings. The van der Waals surface area contributed by atoms with Gasteiger partial charge < -0.3 is 25.8 Å². The van der Waals surface area contributed by atoms with Gasteiger partial charge in [0.15, 0.2) is 0 Å². The third-order valence-corrected chi connectivity index (χ3v) is 5.63. The number of ether oxygens (including phenoxy) is 1. The van der Waals surface area contributed by atoms with Crippen molar-refractivity contribution in [2.24, 2.45) is 11.1 Å². The quantitative estimate of drug-likeness (QED) is 0.656. The Bertz CT molecular complexity index is 453. The van der Waals surface area contributed by atoms with E-state index in [2.05, 4.69) is 5.32 Å². The van der Waals surface area contributed by atoms with Gasteiger partial charge in [-0.3, -0.25) is 4.79 Å². The molecule has 0 unspecified atom stereocenters. The number of carbonyl (C=O) groups excluding carboxylic acids is 1. The van der Waals surface area contributed by atoms with Gasteiger partial charge in [0.2, 0.25) is 0 Å². The highest BCUT2D eigenvalue weighted by Gasteiger charge is 2.39. The van der Waals surface area contributed by atoms with Crippen LogP contribution in [-0.4, -0.2) is 59.9 Å². The molecule has 1 amide bonds. The Labute approximate surface area is 143 Å². The Hall–Kier alpha value is -1.34. The summed E-state index contributed by atoms with van der Waals surface area (Å²) < 4.78 is 5.19. The summed E-state index contributed by atoms with van der Waals surface area (Å²) in [6, 6.07) is 0.366. The van der Waals surface area contributed by atoms with Crippen molar-refractivity contribution in [3.8, 4) is 0 Å². The highest BCUT2D eigenvalue weighted by atomic mass is 16.5. The van der Waals surface area contributed by atoms with Gasteiger partial charge in [0, 0.05) is 31.2 Å². The van der Waals surface area contributed by atoms with E-state index in [0.29, 0.717) is 45.1 Å². The fraction of sp³-hybridized carbons (Fsp3) is 0.882. The predicted molar refractivity (Wildman–Crippen MR) is 90.7 cm³/mol. The Kier molecular flexibility index (Phi) is 6.09. The smallest absolute Gasteiger partial charge is 0.407 e. The molecule has 0 aromatic heterocycles. The Morgan fingerprint density at radius 2 is 1.83 bits per heavy atom. The van der Waals surface area contributed by atoms with E-state index in [9.17, 15) is 9.59 Å². The molecule has 1 aliphatic carbocycles. The predicted octanol–water partition coefficient (Wildman–Crippen LogP) is 1.56. The van der Waals surface area contributed by atoms with Gasteiger partial charge in [-0.05, 0) is 52.4 Å². The van der Waals surface area contributed by atoms with Crippen LogP contribution in [0.4, 0.5) is 4.79 Å². The van der Waals surface area contributed by atoms with Crippen LogP contribution in [-0.2, 0) is 9.53 Å². The summed E-state index contributed by atoms with van der Waals surface area (Å²) in [5.74, 6) is -0.0835. The monoisotopic (exact) mass is 341 g/mol. The molecule has 0 atom stereocenters. The van der Waals surface area contributed by atoms with Crippen LogP contribution in [0.1, 0.15) is 52.4 Å². The molecule has 1 aliphatic heterocycles. The normalized spacial score (nSPS) is 30.0. The maximum atomic E-state index is 12.1. The molecule has 7 nitrogen and oxygen atoms in total. The molecular formula is C17H31N3O4. The average molecular weight is 341 g/mol. The number of piperidine rings is 1. The molecule has 0 bridgehead atoms. The average Bonchev–Trinajstić information content (AvgIpc) is 2.55. The van der Waals surface area contributed by atoms with Crippen molar-refractivity contribution < 1.29 is 19.4 Å². The fourth-order valence-corrected chi connectivity index (χ4v) is 3.64. The number of carboxylic acid groups (broad SMARTS) is 1. The molecule has 138 valence electrons. The lowest BCUT2D eigenvalue weighted by molar-refractivity contribution is -0.156. The zero-order valence-corrected chi connectivity index (χ0v) is 14.8. The van der Waals surface area contributed by atoms with Crippen molar-refractivity contribution in [3.63, 3.8) is 0 Å². The second kappa shape index (κ2) is 7.70. The summed E-state index contributed by atoms with van der Waals surface area (Å²) >= 11 is 0. The Balaban J connectivity index is 1.75. The maximum absolute atomic E-state index is 12.1. The van der Waals surface area contributed by atoms with Gasteiger partial charge in [0.1, 0.15) is 0 Å². The first-order valence-electron chi connectivity index (χ1n) is 8.95. The van der Waals surface area contributed by atoms with E-state index in [1.54, 1.807) is 0 Å². The number of rotatable bonds is 5. The summed E-state index contributed by atoms with van der Waals surface area (Å²) in [5, 5.41) is 12.5. The maximum Gasteiger partial charge on any atom is 0.407 e.